The molecule has 0 spiro atoms. The van der Waals surface area contributed by atoms with E-state index < -0.39 is 0 Å². The van der Waals surface area contributed by atoms with Gasteiger partial charge in [0.2, 0.25) is 0 Å². The Labute approximate surface area is 77.1 Å². The highest BCUT2D eigenvalue weighted by Crippen LogP contribution is 2.40. The number of hydrogen-bond acceptors (Lipinski definition) is 1. The molecule has 1 aliphatic heterocycles. The molecule has 2 unspecified atom stereocenters. The fourth-order valence-corrected chi connectivity index (χ4v) is 2.77. The first-order chi connectivity index (χ1) is 5.52. The fraction of sp³-hybridized carbons (Fsp3) is 1.00. The van der Waals surface area contributed by atoms with Crippen LogP contribution < -0.4 is 0 Å². The van der Waals surface area contributed by atoms with Crippen LogP contribution in [0, 0.1) is 11.8 Å². The molecule has 0 radical (unpaired) electrons. The van der Waals surface area contributed by atoms with Gasteiger partial charge in [-0.3, -0.25) is 0 Å². The molecule has 12 heavy (non-hydrogen) atoms. The van der Waals surface area contributed by atoms with Crippen molar-refractivity contribution >= 4 is 0 Å². The second kappa shape index (κ2) is 3.37. The molecular formula is C11H23N. The van der Waals surface area contributed by atoms with Crippen molar-refractivity contribution in [2.75, 3.05) is 13.6 Å². The summed E-state index contributed by atoms with van der Waals surface area (Å²) in [5.74, 6) is 1.73. The molecule has 2 atom stereocenters. The van der Waals surface area contributed by atoms with Gasteiger partial charge >= 0.3 is 0 Å². The standard InChI is InChI=1S/C11H23N/c1-6-11(4)10(9(2)3)7-8-12(11)5/h9-10H,6-8H2,1-5H3. The minimum Gasteiger partial charge on any atom is -0.301 e. The van der Waals surface area contributed by atoms with Crippen LogP contribution in [0.4, 0.5) is 0 Å². The average molecular weight is 169 g/mol. The van der Waals surface area contributed by atoms with Gasteiger partial charge in [-0.1, -0.05) is 20.8 Å². The molecule has 0 bridgehead atoms. The van der Waals surface area contributed by atoms with Crippen LogP contribution in [-0.4, -0.2) is 24.0 Å². The summed E-state index contributed by atoms with van der Waals surface area (Å²) in [4.78, 5) is 2.54. The van der Waals surface area contributed by atoms with E-state index in [2.05, 4.69) is 39.6 Å². The monoisotopic (exact) mass is 169 g/mol. The molecule has 1 rings (SSSR count). The minimum absolute atomic E-state index is 0.466. The Bertz CT molecular complexity index is 153. The molecule has 0 aromatic rings. The van der Waals surface area contributed by atoms with E-state index in [0.29, 0.717) is 5.54 Å². The van der Waals surface area contributed by atoms with Crippen LogP contribution in [0.25, 0.3) is 0 Å². The van der Waals surface area contributed by atoms with Crippen molar-refractivity contribution in [3.63, 3.8) is 0 Å². The van der Waals surface area contributed by atoms with Crippen molar-refractivity contribution in [3.8, 4) is 0 Å². The first-order valence-corrected chi connectivity index (χ1v) is 5.23. The zero-order valence-electron chi connectivity index (χ0n) is 9.22. The molecule has 0 aliphatic carbocycles. The summed E-state index contributed by atoms with van der Waals surface area (Å²) >= 11 is 0. The quantitative estimate of drug-likeness (QED) is 0.614. The van der Waals surface area contributed by atoms with Gasteiger partial charge in [-0.05, 0) is 45.2 Å². The summed E-state index contributed by atoms with van der Waals surface area (Å²) in [5, 5.41) is 0. The number of rotatable bonds is 2. The van der Waals surface area contributed by atoms with Gasteiger partial charge in [0.1, 0.15) is 0 Å². The Kier molecular flexibility index (Phi) is 2.82. The highest BCUT2D eigenvalue weighted by Gasteiger charge is 2.42. The van der Waals surface area contributed by atoms with E-state index in [4.69, 9.17) is 0 Å². The molecule has 1 fully saturated rings. The van der Waals surface area contributed by atoms with E-state index >= 15 is 0 Å². The van der Waals surface area contributed by atoms with Crippen molar-refractivity contribution in [1.82, 2.24) is 4.90 Å². The molecule has 0 amide bonds. The highest BCUT2D eigenvalue weighted by atomic mass is 15.2. The molecule has 1 heteroatoms. The van der Waals surface area contributed by atoms with Gasteiger partial charge in [0.05, 0.1) is 0 Å². The first kappa shape index (κ1) is 10.0. The summed E-state index contributed by atoms with van der Waals surface area (Å²) in [6.07, 6.45) is 2.67. The second-order valence-electron chi connectivity index (χ2n) is 4.77. The minimum atomic E-state index is 0.466. The maximum Gasteiger partial charge on any atom is 0.0206 e. The normalized spacial score (nSPS) is 38.0. The molecule has 0 saturated carbocycles. The largest absolute Gasteiger partial charge is 0.301 e. The van der Waals surface area contributed by atoms with Crippen molar-refractivity contribution in [3.05, 3.63) is 0 Å². The van der Waals surface area contributed by atoms with Crippen molar-refractivity contribution in [1.29, 1.82) is 0 Å². The molecular weight excluding hydrogens is 146 g/mol. The molecule has 0 N–H and O–H groups in total. The van der Waals surface area contributed by atoms with Crippen molar-refractivity contribution in [2.45, 2.75) is 46.1 Å². The van der Waals surface area contributed by atoms with E-state index in [1.165, 1.54) is 19.4 Å². The van der Waals surface area contributed by atoms with Gasteiger partial charge in [-0.2, -0.15) is 0 Å². The van der Waals surface area contributed by atoms with Crippen LogP contribution in [0.3, 0.4) is 0 Å². The fourth-order valence-electron chi connectivity index (χ4n) is 2.77. The zero-order valence-corrected chi connectivity index (χ0v) is 9.22. The summed E-state index contributed by atoms with van der Waals surface area (Å²) in [5.41, 5.74) is 0.466. The predicted molar refractivity (Wildman–Crippen MR) is 54.3 cm³/mol. The van der Waals surface area contributed by atoms with Crippen LogP contribution in [0.5, 0.6) is 0 Å². The van der Waals surface area contributed by atoms with Crippen LogP contribution >= 0.6 is 0 Å². The lowest BCUT2D eigenvalue weighted by molar-refractivity contribution is 0.119. The molecule has 72 valence electrons. The summed E-state index contributed by atoms with van der Waals surface area (Å²) in [6.45, 7) is 10.7. The van der Waals surface area contributed by atoms with Crippen LogP contribution in [0.2, 0.25) is 0 Å². The maximum absolute atomic E-state index is 2.54. The smallest absolute Gasteiger partial charge is 0.0206 e. The van der Waals surface area contributed by atoms with Crippen LogP contribution in [0.15, 0.2) is 0 Å². The molecule has 1 saturated heterocycles. The summed E-state index contributed by atoms with van der Waals surface area (Å²) in [6, 6.07) is 0. The number of hydrogen-bond donors (Lipinski definition) is 0. The van der Waals surface area contributed by atoms with Gasteiger partial charge < -0.3 is 4.90 Å². The third-order valence-electron chi connectivity index (χ3n) is 3.97. The van der Waals surface area contributed by atoms with Gasteiger partial charge in [0.25, 0.3) is 0 Å². The van der Waals surface area contributed by atoms with E-state index in [9.17, 15) is 0 Å². The van der Waals surface area contributed by atoms with E-state index in [0.717, 1.165) is 11.8 Å². The van der Waals surface area contributed by atoms with Crippen molar-refractivity contribution in [2.24, 2.45) is 11.8 Å². The molecule has 1 nitrogen and oxygen atoms in total. The highest BCUT2D eigenvalue weighted by molar-refractivity contribution is 4.97. The van der Waals surface area contributed by atoms with Crippen LogP contribution in [-0.2, 0) is 0 Å². The molecule has 0 aromatic heterocycles. The molecule has 1 heterocycles. The van der Waals surface area contributed by atoms with E-state index in [1.54, 1.807) is 0 Å². The number of likely N-dealkylation sites (tertiary alicyclic amines) is 1. The Morgan fingerprint density at radius 2 is 2.08 bits per heavy atom. The maximum atomic E-state index is 2.54. The molecule has 1 aliphatic rings. The lowest BCUT2D eigenvalue weighted by Crippen LogP contribution is -2.43. The lowest BCUT2D eigenvalue weighted by atomic mass is 9.77. The third kappa shape index (κ3) is 1.39. The number of nitrogens with zero attached hydrogens (tertiary/aromatic N) is 1. The van der Waals surface area contributed by atoms with E-state index in [1.807, 2.05) is 0 Å². The Morgan fingerprint density at radius 3 is 2.42 bits per heavy atom. The van der Waals surface area contributed by atoms with Gasteiger partial charge in [-0.15, -0.1) is 0 Å². The predicted octanol–water partition coefficient (Wildman–Crippen LogP) is 2.76. The summed E-state index contributed by atoms with van der Waals surface area (Å²) < 4.78 is 0. The topological polar surface area (TPSA) is 3.24 Å². The van der Waals surface area contributed by atoms with Gasteiger partial charge in [-0.25, -0.2) is 0 Å². The third-order valence-corrected chi connectivity index (χ3v) is 3.97. The van der Waals surface area contributed by atoms with E-state index in [-0.39, 0.29) is 0 Å². The van der Waals surface area contributed by atoms with Crippen molar-refractivity contribution < 1.29 is 0 Å². The Hall–Kier alpha value is -0.0400. The lowest BCUT2D eigenvalue weighted by Gasteiger charge is -2.38. The Balaban J connectivity index is 2.77. The van der Waals surface area contributed by atoms with Crippen LogP contribution in [0.1, 0.15) is 40.5 Å². The second-order valence-corrected chi connectivity index (χ2v) is 4.77. The SMILES string of the molecule is CCC1(C)C(C(C)C)CCN1C. The van der Waals surface area contributed by atoms with Gasteiger partial charge in [0, 0.05) is 5.54 Å². The van der Waals surface area contributed by atoms with Gasteiger partial charge in [0.15, 0.2) is 0 Å². The Morgan fingerprint density at radius 1 is 1.50 bits per heavy atom. The molecule has 0 aromatic carbocycles. The first-order valence-electron chi connectivity index (χ1n) is 5.23. The summed E-state index contributed by atoms with van der Waals surface area (Å²) in [7, 11) is 2.27. The average Bonchev–Trinajstić information content (AvgIpc) is 2.30. The zero-order chi connectivity index (χ0) is 9.35.